The summed E-state index contributed by atoms with van der Waals surface area (Å²) in [4.78, 5) is 8.91. The smallest absolute Gasteiger partial charge is 0.225 e. The molecule has 2 rings (SSSR count). The predicted octanol–water partition coefficient (Wildman–Crippen LogP) is 1.95. The molecule has 74 valence electrons. The first-order valence-corrected chi connectivity index (χ1v) is 5.45. The maximum absolute atomic E-state index is 9.19. The summed E-state index contributed by atoms with van der Waals surface area (Å²) in [7, 11) is 1.55. The Balaban J connectivity index is 2.82. The van der Waals surface area contributed by atoms with Crippen molar-refractivity contribution in [1.82, 2.24) is 9.97 Å². The molecular formula is C8H7BrN2O2S. The van der Waals surface area contributed by atoms with E-state index < -0.39 is 0 Å². The number of halogens is 1. The average molecular weight is 275 g/mol. The number of rotatable bonds is 2. The van der Waals surface area contributed by atoms with Crippen LogP contribution in [0.4, 0.5) is 0 Å². The van der Waals surface area contributed by atoms with Gasteiger partial charge in [-0.3, -0.25) is 0 Å². The highest BCUT2D eigenvalue weighted by atomic mass is 79.9. The van der Waals surface area contributed by atoms with Crippen LogP contribution in [0.2, 0.25) is 0 Å². The Kier molecular flexibility index (Phi) is 2.66. The lowest BCUT2D eigenvalue weighted by atomic mass is 10.2. The zero-order chi connectivity index (χ0) is 10.1. The number of hydrogen-bond donors (Lipinski definition) is 1. The van der Waals surface area contributed by atoms with Gasteiger partial charge >= 0.3 is 0 Å². The summed E-state index contributed by atoms with van der Waals surface area (Å²) in [6.45, 7) is -0.0513. The number of aliphatic hydroxyl groups is 1. The van der Waals surface area contributed by atoms with Crippen LogP contribution in [-0.4, -0.2) is 22.2 Å². The van der Waals surface area contributed by atoms with Gasteiger partial charge in [-0.1, -0.05) is 0 Å². The van der Waals surface area contributed by atoms with Gasteiger partial charge in [-0.25, -0.2) is 9.97 Å². The maximum Gasteiger partial charge on any atom is 0.225 e. The van der Waals surface area contributed by atoms with Crippen LogP contribution in [0.1, 0.15) is 5.56 Å². The van der Waals surface area contributed by atoms with E-state index in [4.69, 9.17) is 4.74 Å². The second-order valence-corrected chi connectivity index (χ2v) is 4.89. The van der Waals surface area contributed by atoms with Crippen LogP contribution in [0, 0.1) is 0 Å². The van der Waals surface area contributed by atoms with Gasteiger partial charge in [0.2, 0.25) is 5.88 Å². The predicted molar refractivity (Wildman–Crippen MR) is 57.6 cm³/mol. The van der Waals surface area contributed by atoms with Crippen molar-refractivity contribution in [3.63, 3.8) is 0 Å². The third-order valence-corrected chi connectivity index (χ3v) is 3.75. The molecule has 0 atom stereocenters. The van der Waals surface area contributed by atoms with Gasteiger partial charge in [-0.2, -0.15) is 0 Å². The molecule has 2 aromatic heterocycles. The summed E-state index contributed by atoms with van der Waals surface area (Å²) in [5, 5.41) is 9.98. The van der Waals surface area contributed by atoms with Crippen molar-refractivity contribution < 1.29 is 9.84 Å². The van der Waals surface area contributed by atoms with Crippen LogP contribution in [0.25, 0.3) is 10.2 Å². The quantitative estimate of drug-likeness (QED) is 0.910. The molecule has 0 radical (unpaired) electrons. The number of methoxy groups -OCH3 is 1. The van der Waals surface area contributed by atoms with Gasteiger partial charge in [0.1, 0.15) is 11.2 Å². The molecule has 1 N–H and O–H groups in total. The molecule has 0 saturated heterocycles. The highest BCUT2D eigenvalue weighted by Gasteiger charge is 2.15. The molecule has 0 amide bonds. The van der Waals surface area contributed by atoms with Crippen LogP contribution in [-0.2, 0) is 6.61 Å². The normalized spacial score (nSPS) is 10.8. The van der Waals surface area contributed by atoms with Crippen molar-refractivity contribution in [3.8, 4) is 5.88 Å². The Morgan fingerprint density at radius 1 is 1.57 bits per heavy atom. The fraction of sp³-hybridized carbons (Fsp3) is 0.250. The number of aliphatic hydroxyl groups excluding tert-OH is 1. The van der Waals surface area contributed by atoms with E-state index >= 15 is 0 Å². The van der Waals surface area contributed by atoms with Crippen LogP contribution >= 0.6 is 27.3 Å². The second kappa shape index (κ2) is 3.80. The van der Waals surface area contributed by atoms with Crippen LogP contribution in [0.3, 0.4) is 0 Å². The van der Waals surface area contributed by atoms with E-state index in [0.717, 1.165) is 19.6 Å². The lowest BCUT2D eigenvalue weighted by Crippen LogP contribution is -1.91. The summed E-state index contributed by atoms with van der Waals surface area (Å²) >= 11 is 4.83. The zero-order valence-electron chi connectivity index (χ0n) is 7.32. The topological polar surface area (TPSA) is 55.2 Å². The van der Waals surface area contributed by atoms with Crippen LogP contribution in [0.15, 0.2) is 10.1 Å². The van der Waals surface area contributed by atoms with E-state index in [1.165, 1.54) is 17.7 Å². The third-order valence-electron chi connectivity index (χ3n) is 1.85. The van der Waals surface area contributed by atoms with Crippen molar-refractivity contribution in [2.75, 3.05) is 7.11 Å². The maximum atomic E-state index is 9.19. The number of fused-ring (bicyclic) bond motifs is 1. The van der Waals surface area contributed by atoms with Gasteiger partial charge < -0.3 is 9.84 Å². The van der Waals surface area contributed by atoms with E-state index in [1.54, 1.807) is 7.11 Å². The third kappa shape index (κ3) is 1.39. The van der Waals surface area contributed by atoms with Crippen LogP contribution in [0.5, 0.6) is 5.88 Å². The van der Waals surface area contributed by atoms with Gasteiger partial charge in [-0.05, 0) is 15.9 Å². The summed E-state index contributed by atoms with van der Waals surface area (Å²) in [5.41, 5.74) is 0.780. The Hall–Kier alpha value is -0.720. The monoisotopic (exact) mass is 274 g/mol. The first-order chi connectivity index (χ1) is 6.77. The molecule has 0 aliphatic carbocycles. The Morgan fingerprint density at radius 3 is 3.00 bits per heavy atom. The molecule has 14 heavy (non-hydrogen) atoms. The first kappa shape index (κ1) is 9.82. The van der Waals surface area contributed by atoms with Gasteiger partial charge in [0, 0.05) is 5.56 Å². The van der Waals surface area contributed by atoms with Gasteiger partial charge in [0.15, 0.2) is 0 Å². The molecule has 0 saturated carbocycles. The zero-order valence-corrected chi connectivity index (χ0v) is 9.72. The molecule has 0 bridgehead atoms. The average Bonchev–Trinajstić information content (AvgIpc) is 2.52. The number of ether oxygens (including phenoxy) is 1. The molecule has 0 fully saturated rings. The number of thiophene rings is 1. The largest absolute Gasteiger partial charge is 0.480 e. The minimum Gasteiger partial charge on any atom is -0.480 e. The van der Waals surface area contributed by atoms with Crippen molar-refractivity contribution in [2.24, 2.45) is 0 Å². The Bertz CT molecular complexity index is 472. The molecule has 4 nitrogen and oxygen atoms in total. The molecule has 2 heterocycles. The highest BCUT2D eigenvalue weighted by Crippen LogP contribution is 2.37. The minimum atomic E-state index is -0.0513. The fourth-order valence-electron chi connectivity index (χ4n) is 1.23. The van der Waals surface area contributed by atoms with Crippen molar-refractivity contribution in [1.29, 1.82) is 0 Å². The summed E-state index contributed by atoms with van der Waals surface area (Å²) < 4.78 is 5.98. The summed E-state index contributed by atoms with van der Waals surface area (Å²) in [6, 6.07) is 0. The van der Waals surface area contributed by atoms with Gasteiger partial charge in [-0.15, -0.1) is 11.3 Å². The van der Waals surface area contributed by atoms with E-state index in [9.17, 15) is 5.11 Å². The lowest BCUT2D eigenvalue weighted by Gasteiger charge is -2.00. The summed E-state index contributed by atoms with van der Waals surface area (Å²) in [6.07, 6.45) is 1.45. The molecule has 0 aliphatic heterocycles. The van der Waals surface area contributed by atoms with E-state index in [2.05, 4.69) is 25.9 Å². The van der Waals surface area contributed by atoms with Crippen molar-refractivity contribution in [3.05, 3.63) is 15.7 Å². The second-order valence-electron chi connectivity index (χ2n) is 2.58. The highest BCUT2D eigenvalue weighted by molar-refractivity contribution is 9.11. The number of hydrogen-bond acceptors (Lipinski definition) is 5. The van der Waals surface area contributed by atoms with E-state index in [0.29, 0.717) is 5.88 Å². The van der Waals surface area contributed by atoms with E-state index in [-0.39, 0.29) is 6.61 Å². The van der Waals surface area contributed by atoms with Gasteiger partial charge in [0.25, 0.3) is 0 Å². The Morgan fingerprint density at radius 2 is 2.36 bits per heavy atom. The summed E-state index contributed by atoms with van der Waals surface area (Å²) in [5.74, 6) is 0.501. The number of aromatic nitrogens is 2. The van der Waals surface area contributed by atoms with Crippen molar-refractivity contribution in [2.45, 2.75) is 6.61 Å². The SMILES string of the molecule is COc1ncnc2sc(Br)c(CO)c12. The lowest BCUT2D eigenvalue weighted by molar-refractivity contribution is 0.282. The fourth-order valence-corrected chi connectivity index (χ4v) is 2.89. The minimum absolute atomic E-state index is 0.0513. The van der Waals surface area contributed by atoms with E-state index in [1.807, 2.05) is 0 Å². The first-order valence-electron chi connectivity index (χ1n) is 3.84. The molecule has 0 spiro atoms. The molecule has 2 aromatic rings. The number of nitrogens with zero attached hydrogens (tertiary/aromatic N) is 2. The molecule has 6 heteroatoms. The van der Waals surface area contributed by atoms with Crippen LogP contribution < -0.4 is 4.74 Å². The van der Waals surface area contributed by atoms with Gasteiger partial charge in [0.05, 0.1) is 22.9 Å². The van der Waals surface area contributed by atoms with Crippen molar-refractivity contribution >= 4 is 37.5 Å². The standard InChI is InChI=1S/C8H7BrN2O2S/c1-13-7-5-4(2-12)6(9)14-8(5)11-3-10-7/h3,12H,2H2,1H3. The molecule has 0 aliphatic rings. The molecule has 0 aromatic carbocycles. The molecule has 0 unspecified atom stereocenters. The molecular weight excluding hydrogens is 268 g/mol. The Labute approximate surface area is 92.7 Å².